The Bertz CT molecular complexity index is 842. The van der Waals surface area contributed by atoms with E-state index in [4.69, 9.17) is 26.6 Å². The van der Waals surface area contributed by atoms with Gasteiger partial charge in [-0.3, -0.25) is 9.59 Å². The summed E-state index contributed by atoms with van der Waals surface area (Å²) in [6, 6.07) is 15.4. The highest BCUT2D eigenvalue weighted by Gasteiger charge is 2.15. The molecule has 1 unspecified atom stereocenters. The van der Waals surface area contributed by atoms with Crippen LogP contribution in [-0.4, -0.2) is 80.0 Å². The van der Waals surface area contributed by atoms with Gasteiger partial charge in [0.1, 0.15) is 5.75 Å². The summed E-state index contributed by atoms with van der Waals surface area (Å²) in [5.74, 6) is 0.305. The van der Waals surface area contributed by atoms with Crippen LogP contribution in [0, 0.1) is 0 Å². The number of carbonyl (C=O) groups excluding carboxylic acids is 2. The van der Waals surface area contributed by atoms with Crippen molar-refractivity contribution in [3.8, 4) is 5.75 Å². The predicted molar refractivity (Wildman–Crippen MR) is 124 cm³/mol. The first-order chi connectivity index (χ1) is 15.5. The fourth-order valence-electron chi connectivity index (χ4n) is 3.10. The lowest BCUT2D eigenvalue weighted by molar-refractivity contribution is -0.131. The standard InChI is InChI=1S/C12H16N2O2.C11H14ClNO3/c1-16-12-4-2-11(3-5-12)14-8-6-13(10-15)7-9-14;12-9-3-1-2-8(6-9)4-5-13-11(16)10(15)7-14/h2-5,10H,6-9H2,1H3;1-3,6,10,14-15H,4-5,7H2,(H,13,16). The summed E-state index contributed by atoms with van der Waals surface area (Å²) >= 11 is 5.80. The number of halogens is 1. The van der Waals surface area contributed by atoms with Crippen LogP contribution in [0.3, 0.4) is 0 Å². The molecule has 0 aromatic heterocycles. The van der Waals surface area contributed by atoms with E-state index < -0.39 is 18.6 Å². The lowest BCUT2D eigenvalue weighted by Crippen LogP contribution is -2.45. The maximum Gasteiger partial charge on any atom is 0.251 e. The number of piperazine rings is 1. The Morgan fingerprint density at radius 1 is 1.19 bits per heavy atom. The summed E-state index contributed by atoms with van der Waals surface area (Å²) in [6.07, 6.45) is 0.204. The minimum atomic E-state index is -1.35. The maximum atomic E-state index is 11.1. The SMILES string of the molecule is COc1ccc(N2CCN(C=O)CC2)cc1.O=C(NCCc1cccc(Cl)c1)C(O)CO. The number of carbonyl (C=O) groups is 2. The summed E-state index contributed by atoms with van der Waals surface area (Å²) in [7, 11) is 1.66. The largest absolute Gasteiger partial charge is 0.497 e. The van der Waals surface area contributed by atoms with Gasteiger partial charge in [0.2, 0.25) is 6.41 Å². The highest BCUT2D eigenvalue weighted by Crippen LogP contribution is 2.20. The second kappa shape index (κ2) is 13.6. The molecule has 2 amide bonds. The molecule has 0 saturated carbocycles. The normalized spacial score (nSPS) is 14.1. The first-order valence-corrected chi connectivity index (χ1v) is 10.7. The third-order valence-electron chi connectivity index (χ3n) is 4.98. The zero-order chi connectivity index (χ0) is 23.3. The minimum Gasteiger partial charge on any atom is -0.497 e. The Morgan fingerprint density at radius 2 is 1.88 bits per heavy atom. The molecule has 1 atom stereocenters. The number of nitrogens with zero attached hydrogens (tertiary/aromatic N) is 2. The number of anilines is 1. The highest BCUT2D eigenvalue weighted by atomic mass is 35.5. The molecule has 1 aliphatic heterocycles. The zero-order valence-corrected chi connectivity index (χ0v) is 18.9. The lowest BCUT2D eigenvalue weighted by atomic mass is 10.1. The predicted octanol–water partition coefficient (Wildman–Crippen LogP) is 1.33. The summed E-state index contributed by atoms with van der Waals surface area (Å²) in [5.41, 5.74) is 2.19. The molecule has 9 heteroatoms. The van der Waals surface area contributed by atoms with E-state index in [0.717, 1.165) is 43.9 Å². The van der Waals surface area contributed by atoms with Crippen LogP contribution < -0.4 is 15.0 Å². The Kier molecular flexibility index (Phi) is 10.8. The van der Waals surface area contributed by atoms with Crippen molar-refractivity contribution in [3.05, 3.63) is 59.1 Å². The molecule has 1 aliphatic rings. The molecule has 1 saturated heterocycles. The highest BCUT2D eigenvalue weighted by molar-refractivity contribution is 6.30. The average molecular weight is 464 g/mol. The molecule has 0 aliphatic carbocycles. The number of nitrogens with one attached hydrogen (secondary N) is 1. The number of amides is 2. The fraction of sp³-hybridized carbons (Fsp3) is 0.391. The Balaban J connectivity index is 0.000000227. The van der Waals surface area contributed by atoms with Gasteiger partial charge < -0.3 is 30.1 Å². The van der Waals surface area contributed by atoms with Gasteiger partial charge in [0.15, 0.2) is 6.10 Å². The molecule has 1 heterocycles. The third kappa shape index (κ3) is 8.37. The first kappa shape index (κ1) is 25.5. The fourth-order valence-corrected chi connectivity index (χ4v) is 3.31. The summed E-state index contributed by atoms with van der Waals surface area (Å²) < 4.78 is 5.12. The van der Waals surface area contributed by atoms with Crippen molar-refractivity contribution in [2.75, 3.05) is 51.3 Å². The molecular weight excluding hydrogens is 434 g/mol. The Labute approximate surface area is 193 Å². The molecule has 174 valence electrons. The van der Waals surface area contributed by atoms with E-state index in [1.165, 1.54) is 5.69 Å². The number of aliphatic hydroxyl groups is 2. The van der Waals surface area contributed by atoms with Crippen molar-refractivity contribution < 1.29 is 24.5 Å². The van der Waals surface area contributed by atoms with Gasteiger partial charge in [-0.25, -0.2) is 0 Å². The van der Waals surface area contributed by atoms with Gasteiger partial charge in [-0.15, -0.1) is 0 Å². The van der Waals surface area contributed by atoms with E-state index in [0.29, 0.717) is 18.0 Å². The van der Waals surface area contributed by atoms with Crippen LogP contribution >= 0.6 is 11.6 Å². The number of rotatable bonds is 8. The molecule has 2 aromatic rings. The van der Waals surface area contributed by atoms with Gasteiger partial charge in [0.25, 0.3) is 5.91 Å². The summed E-state index contributed by atoms with van der Waals surface area (Å²) in [5, 5.41) is 20.7. The van der Waals surface area contributed by atoms with E-state index in [2.05, 4.69) is 22.3 Å². The molecule has 8 nitrogen and oxygen atoms in total. The maximum absolute atomic E-state index is 11.1. The monoisotopic (exact) mass is 463 g/mol. The topological polar surface area (TPSA) is 102 Å². The summed E-state index contributed by atoms with van der Waals surface area (Å²) in [6.45, 7) is 3.22. The molecule has 3 N–H and O–H groups in total. The van der Waals surface area contributed by atoms with Crippen molar-refractivity contribution in [1.29, 1.82) is 0 Å². The molecule has 32 heavy (non-hydrogen) atoms. The number of methoxy groups -OCH3 is 1. The van der Waals surface area contributed by atoms with Gasteiger partial charge in [-0.2, -0.15) is 0 Å². The van der Waals surface area contributed by atoms with E-state index in [1.54, 1.807) is 18.1 Å². The number of aliphatic hydroxyl groups excluding tert-OH is 2. The van der Waals surface area contributed by atoms with E-state index in [9.17, 15) is 9.59 Å². The van der Waals surface area contributed by atoms with Gasteiger partial charge >= 0.3 is 0 Å². The van der Waals surface area contributed by atoms with Crippen molar-refractivity contribution >= 4 is 29.6 Å². The van der Waals surface area contributed by atoms with E-state index >= 15 is 0 Å². The van der Waals surface area contributed by atoms with Crippen molar-refractivity contribution in [3.63, 3.8) is 0 Å². The van der Waals surface area contributed by atoms with Crippen LogP contribution in [0.2, 0.25) is 5.02 Å². The van der Waals surface area contributed by atoms with Crippen LogP contribution in [0.4, 0.5) is 5.69 Å². The molecule has 0 bridgehead atoms. The van der Waals surface area contributed by atoms with Crippen molar-refractivity contribution in [1.82, 2.24) is 10.2 Å². The van der Waals surface area contributed by atoms with Crippen LogP contribution in [0.25, 0.3) is 0 Å². The quantitative estimate of drug-likeness (QED) is 0.510. The number of hydrogen-bond donors (Lipinski definition) is 3. The lowest BCUT2D eigenvalue weighted by Gasteiger charge is -2.34. The van der Waals surface area contributed by atoms with E-state index in [1.807, 2.05) is 30.3 Å². The van der Waals surface area contributed by atoms with Gasteiger partial charge in [0.05, 0.1) is 13.7 Å². The molecule has 2 aromatic carbocycles. The molecule has 3 rings (SSSR count). The molecular formula is C23H30ClN3O5. The second-order valence-electron chi connectivity index (χ2n) is 7.20. The third-order valence-corrected chi connectivity index (χ3v) is 5.21. The minimum absolute atomic E-state index is 0.399. The Morgan fingerprint density at radius 3 is 2.44 bits per heavy atom. The number of ether oxygens (including phenoxy) is 1. The first-order valence-electron chi connectivity index (χ1n) is 10.4. The molecule has 1 fully saturated rings. The van der Waals surface area contributed by atoms with Crippen LogP contribution in [0.5, 0.6) is 5.75 Å². The van der Waals surface area contributed by atoms with Crippen molar-refractivity contribution in [2.24, 2.45) is 0 Å². The molecule has 0 radical (unpaired) electrons. The average Bonchev–Trinajstić information content (AvgIpc) is 2.84. The summed E-state index contributed by atoms with van der Waals surface area (Å²) in [4.78, 5) is 25.7. The Hall–Kier alpha value is -2.81. The van der Waals surface area contributed by atoms with Crippen LogP contribution in [-0.2, 0) is 16.0 Å². The second-order valence-corrected chi connectivity index (χ2v) is 7.63. The van der Waals surface area contributed by atoms with Crippen LogP contribution in [0.1, 0.15) is 5.56 Å². The van der Waals surface area contributed by atoms with Crippen LogP contribution in [0.15, 0.2) is 48.5 Å². The van der Waals surface area contributed by atoms with Gasteiger partial charge in [-0.05, 0) is 48.4 Å². The van der Waals surface area contributed by atoms with Gasteiger partial charge in [0, 0.05) is 43.4 Å². The molecule has 0 spiro atoms. The van der Waals surface area contributed by atoms with E-state index in [-0.39, 0.29) is 0 Å². The van der Waals surface area contributed by atoms with Crippen molar-refractivity contribution in [2.45, 2.75) is 12.5 Å². The number of hydrogen-bond acceptors (Lipinski definition) is 6. The van der Waals surface area contributed by atoms with Gasteiger partial charge in [-0.1, -0.05) is 23.7 Å². The smallest absolute Gasteiger partial charge is 0.251 e. The number of benzene rings is 2. The zero-order valence-electron chi connectivity index (χ0n) is 18.1.